The molecule has 0 unspecified atom stereocenters. The number of ether oxygens (including phenoxy) is 1. The van der Waals surface area contributed by atoms with Gasteiger partial charge in [-0.05, 0) is 44.0 Å². The van der Waals surface area contributed by atoms with Crippen LogP contribution in [0.25, 0.3) is 0 Å². The van der Waals surface area contributed by atoms with Gasteiger partial charge >= 0.3 is 5.97 Å². The molecular formula is C19H20ClN3O2. The molecule has 0 aromatic heterocycles. The fourth-order valence-electron chi connectivity index (χ4n) is 2.95. The maximum atomic E-state index is 12.5. The molecular weight excluding hydrogens is 338 g/mol. The Bertz CT molecular complexity index is 807. The highest BCUT2D eigenvalue weighted by molar-refractivity contribution is 6.41. The van der Waals surface area contributed by atoms with E-state index >= 15 is 0 Å². The fraction of sp³-hybridized carbons (Fsp3) is 0.263. The van der Waals surface area contributed by atoms with Gasteiger partial charge in [0, 0.05) is 11.7 Å². The van der Waals surface area contributed by atoms with E-state index in [1.807, 2.05) is 35.2 Å². The summed E-state index contributed by atoms with van der Waals surface area (Å²) in [4.78, 5) is 14.4. The molecule has 0 radical (unpaired) electrons. The van der Waals surface area contributed by atoms with Crippen LogP contribution in [-0.4, -0.2) is 24.5 Å². The molecule has 3 rings (SSSR count). The maximum absolute atomic E-state index is 12.5. The Hall–Kier alpha value is -2.53. The van der Waals surface area contributed by atoms with Gasteiger partial charge < -0.3 is 9.64 Å². The Morgan fingerprint density at radius 3 is 2.76 bits per heavy atom. The molecule has 1 aliphatic heterocycles. The van der Waals surface area contributed by atoms with Gasteiger partial charge in [-0.15, -0.1) is 5.10 Å². The first-order valence-corrected chi connectivity index (χ1v) is 8.62. The molecule has 6 heteroatoms. The normalized spacial score (nSPS) is 16.5. The van der Waals surface area contributed by atoms with Gasteiger partial charge in [0.15, 0.2) is 0 Å². The SMILES string of the molecule is CCOC(=O)/C(=N\Nc1ccccc1Cl)N1c2ccccc2C[C@@H]1C. The summed E-state index contributed by atoms with van der Waals surface area (Å²) < 4.78 is 5.21. The molecule has 0 saturated carbocycles. The number of carbonyl (C=O) groups is 1. The van der Waals surface area contributed by atoms with Crippen LogP contribution in [0.2, 0.25) is 5.02 Å². The van der Waals surface area contributed by atoms with Crippen LogP contribution in [0.4, 0.5) is 11.4 Å². The predicted octanol–water partition coefficient (Wildman–Crippen LogP) is 4.08. The van der Waals surface area contributed by atoms with E-state index in [-0.39, 0.29) is 18.5 Å². The highest BCUT2D eigenvalue weighted by Crippen LogP contribution is 2.32. The van der Waals surface area contributed by atoms with Crippen molar-refractivity contribution >= 4 is 34.8 Å². The minimum absolute atomic E-state index is 0.105. The number of nitrogens with one attached hydrogen (secondary N) is 1. The van der Waals surface area contributed by atoms with E-state index in [1.54, 1.807) is 19.1 Å². The standard InChI is InChI=1S/C19H20ClN3O2/c1-3-25-19(24)18(22-21-16-10-6-5-9-15(16)20)23-13(2)12-14-8-4-7-11-17(14)23/h4-11,13,21H,3,12H2,1-2H3/b22-18+/t13-/m0/s1. The number of amidine groups is 1. The van der Waals surface area contributed by atoms with Gasteiger partial charge in [-0.25, -0.2) is 4.79 Å². The van der Waals surface area contributed by atoms with E-state index < -0.39 is 5.97 Å². The van der Waals surface area contributed by atoms with Crippen molar-refractivity contribution in [1.82, 2.24) is 0 Å². The first-order chi connectivity index (χ1) is 12.1. The number of nitrogens with zero attached hydrogens (tertiary/aromatic N) is 2. The van der Waals surface area contributed by atoms with Crippen molar-refractivity contribution in [3.8, 4) is 0 Å². The van der Waals surface area contributed by atoms with Crippen LogP contribution in [0.5, 0.6) is 0 Å². The lowest BCUT2D eigenvalue weighted by atomic mass is 10.1. The number of halogens is 1. The number of hydrogen-bond donors (Lipinski definition) is 1. The highest BCUT2D eigenvalue weighted by Gasteiger charge is 2.33. The molecule has 1 N–H and O–H groups in total. The first kappa shape index (κ1) is 17.3. The van der Waals surface area contributed by atoms with Gasteiger partial charge in [0.1, 0.15) is 0 Å². The number of hydrazone groups is 1. The summed E-state index contributed by atoms with van der Waals surface area (Å²) in [5.74, 6) is -0.246. The van der Waals surface area contributed by atoms with Crippen LogP contribution in [0.15, 0.2) is 53.6 Å². The number of benzene rings is 2. The number of para-hydroxylation sites is 2. The average Bonchev–Trinajstić information content (AvgIpc) is 2.93. The summed E-state index contributed by atoms with van der Waals surface area (Å²) in [6.45, 7) is 4.12. The van der Waals surface area contributed by atoms with Crippen molar-refractivity contribution in [2.45, 2.75) is 26.3 Å². The number of carbonyl (C=O) groups excluding carboxylic acids is 1. The number of fused-ring (bicyclic) bond motifs is 1. The van der Waals surface area contributed by atoms with Crippen LogP contribution < -0.4 is 10.3 Å². The third-order valence-corrected chi connectivity index (χ3v) is 4.38. The minimum Gasteiger partial charge on any atom is -0.460 e. The fourth-order valence-corrected chi connectivity index (χ4v) is 3.12. The van der Waals surface area contributed by atoms with Gasteiger partial charge in [0.05, 0.1) is 17.3 Å². The van der Waals surface area contributed by atoms with Gasteiger partial charge in [0.25, 0.3) is 0 Å². The van der Waals surface area contributed by atoms with Crippen molar-refractivity contribution in [1.29, 1.82) is 0 Å². The van der Waals surface area contributed by atoms with Crippen molar-refractivity contribution in [2.24, 2.45) is 5.10 Å². The molecule has 0 fully saturated rings. The Balaban J connectivity index is 1.97. The van der Waals surface area contributed by atoms with E-state index in [9.17, 15) is 4.79 Å². The predicted molar refractivity (Wildman–Crippen MR) is 101 cm³/mol. The lowest BCUT2D eigenvalue weighted by Crippen LogP contribution is -2.42. The summed E-state index contributed by atoms with van der Waals surface area (Å²) >= 11 is 6.16. The van der Waals surface area contributed by atoms with E-state index in [1.165, 1.54) is 5.56 Å². The van der Waals surface area contributed by atoms with Crippen LogP contribution in [-0.2, 0) is 16.0 Å². The zero-order valence-corrected chi connectivity index (χ0v) is 15.0. The zero-order valence-electron chi connectivity index (χ0n) is 14.2. The van der Waals surface area contributed by atoms with Gasteiger partial charge in [-0.3, -0.25) is 5.43 Å². The van der Waals surface area contributed by atoms with Crippen LogP contribution >= 0.6 is 11.6 Å². The lowest BCUT2D eigenvalue weighted by molar-refractivity contribution is -0.135. The average molecular weight is 358 g/mol. The van der Waals surface area contributed by atoms with Crippen molar-refractivity contribution in [3.05, 3.63) is 59.1 Å². The monoisotopic (exact) mass is 357 g/mol. The van der Waals surface area contributed by atoms with Crippen LogP contribution in [0.1, 0.15) is 19.4 Å². The van der Waals surface area contributed by atoms with Gasteiger partial charge in [-0.1, -0.05) is 41.9 Å². The molecule has 25 heavy (non-hydrogen) atoms. The van der Waals surface area contributed by atoms with Crippen molar-refractivity contribution in [3.63, 3.8) is 0 Å². The van der Waals surface area contributed by atoms with Gasteiger partial charge in [-0.2, -0.15) is 0 Å². The van der Waals surface area contributed by atoms with Crippen LogP contribution in [0.3, 0.4) is 0 Å². The topological polar surface area (TPSA) is 53.9 Å². The summed E-state index contributed by atoms with van der Waals surface area (Å²) in [6.07, 6.45) is 0.848. The Labute approximate surface area is 152 Å². The van der Waals surface area contributed by atoms with Crippen molar-refractivity contribution in [2.75, 3.05) is 16.9 Å². The second-order valence-corrected chi connectivity index (χ2v) is 6.21. The van der Waals surface area contributed by atoms with Gasteiger partial charge in [0.2, 0.25) is 5.84 Å². The molecule has 130 valence electrons. The molecule has 1 heterocycles. The second kappa shape index (κ2) is 7.57. The van der Waals surface area contributed by atoms with Crippen LogP contribution in [0, 0.1) is 0 Å². The zero-order chi connectivity index (χ0) is 17.8. The lowest BCUT2D eigenvalue weighted by Gasteiger charge is -2.25. The van der Waals surface area contributed by atoms with E-state index in [0.717, 1.165) is 12.1 Å². The molecule has 1 aliphatic rings. The maximum Gasteiger partial charge on any atom is 0.376 e. The Morgan fingerprint density at radius 1 is 1.28 bits per heavy atom. The van der Waals surface area contributed by atoms with E-state index in [2.05, 4.69) is 23.5 Å². The summed E-state index contributed by atoms with van der Waals surface area (Å²) in [5, 5.41) is 4.87. The summed E-state index contributed by atoms with van der Waals surface area (Å²) in [5.41, 5.74) is 5.68. The molecule has 0 saturated heterocycles. The number of hydrogen-bond acceptors (Lipinski definition) is 4. The smallest absolute Gasteiger partial charge is 0.376 e. The summed E-state index contributed by atoms with van der Waals surface area (Å²) in [6, 6.07) is 15.4. The molecule has 1 atom stereocenters. The molecule has 0 spiro atoms. The number of anilines is 2. The quantitative estimate of drug-likeness (QED) is 0.389. The first-order valence-electron chi connectivity index (χ1n) is 8.24. The van der Waals surface area contributed by atoms with E-state index in [4.69, 9.17) is 16.3 Å². The summed E-state index contributed by atoms with van der Waals surface area (Å²) in [7, 11) is 0. The molecule has 2 aromatic rings. The Kier molecular flexibility index (Phi) is 5.24. The molecule has 0 aliphatic carbocycles. The molecule has 5 nitrogen and oxygen atoms in total. The minimum atomic E-state index is -0.467. The molecule has 2 aromatic carbocycles. The third kappa shape index (κ3) is 3.61. The molecule has 0 amide bonds. The Morgan fingerprint density at radius 2 is 2.00 bits per heavy atom. The van der Waals surface area contributed by atoms with Crippen molar-refractivity contribution < 1.29 is 9.53 Å². The number of rotatable bonds is 3. The van der Waals surface area contributed by atoms with E-state index in [0.29, 0.717) is 10.7 Å². The second-order valence-electron chi connectivity index (χ2n) is 5.80. The molecule has 0 bridgehead atoms. The highest BCUT2D eigenvalue weighted by atomic mass is 35.5. The number of esters is 1. The third-order valence-electron chi connectivity index (χ3n) is 4.05. The largest absolute Gasteiger partial charge is 0.460 e.